The van der Waals surface area contributed by atoms with Gasteiger partial charge in [0.2, 0.25) is 5.91 Å². The maximum Gasteiger partial charge on any atom is 0.268 e. The number of allylic oxidation sites excluding steroid dienone is 2. The molecule has 0 fully saturated rings. The number of carbonyl (C=O) groups is 1. The zero-order valence-corrected chi connectivity index (χ0v) is 34.5. The summed E-state index contributed by atoms with van der Waals surface area (Å²) in [7, 11) is 1.30. The van der Waals surface area contributed by atoms with Crippen LogP contribution in [0.2, 0.25) is 0 Å². The number of phosphoric ester groups is 1. The second-order valence-corrected chi connectivity index (χ2v) is 17.1. The molecule has 50 heavy (non-hydrogen) atoms. The van der Waals surface area contributed by atoms with Crippen LogP contribution in [0, 0.1) is 0 Å². The summed E-state index contributed by atoms with van der Waals surface area (Å²) in [5.41, 5.74) is 0. The minimum atomic E-state index is -4.56. The summed E-state index contributed by atoms with van der Waals surface area (Å²) in [4.78, 5) is 25.2. The number of nitrogens with zero attached hydrogens (tertiary/aromatic N) is 1. The van der Waals surface area contributed by atoms with Crippen LogP contribution < -0.4 is 10.2 Å². The van der Waals surface area contributed by atoms with Gasteiger partial charge in [0.25, 0.3) is 7.82 Å². The van der Waals surface area contributed by atoms with Crippen molar-refractivity contribution in [2.45, 2.75) is 206 Å². The van der Waals surface area contributed by atoms with Gasteiger partial charge in [0.05, 0.1) is 39.9 Å². The first-order valence-corrected chi connectivity index (χ1v) is 22.5. The number of aliphatic hydroxyl groups is 1. The lowest BCUT2D eigenvalue weighted by Gasteiger charge is -2.30. The standard InChI is InChI=1S/C41H83N2O6P/c1-6-8-10-12-14-16-18-20-21-23-25-27-29-31-33-35-41(45)42-39(38-49-50(46,47)48-37-36-43(3,4)5)40(44)34-32-30-28-26-24-22-19-17-15-13-11-9-7-2/h20-21,39-40,44H,6-19,22-38H2,1-5H3,(H-,42,45,46,47)/b21-20-. The topological polar surface area (TPSA) is 108 Å². The molecule has 0 bridgehead atoms. The van der Waals surface area contributed by atoms with Crippen LogP contribution in [0.25, 0.3) is 0 Å². The molecular formula is C41H83N2O6P. The predicted molar refractivity (Wildman–Crippen MR) is 210 cm³/mol. The lowest BCUT2D eigenvalue weighted by Crippen LogP contribution is -2.46. The van der Waals surface area contributed by atoms with Gasteiger partial charge in [0, 0.05) is 6.42 Å². The van der Waals surface area contributed by atoms with Crippen molar-refractivity contribution in [1.82, 2.24) is 5.32 Å². The zero-order valence-electron chi connectivity index (χ0n) is 33.6. The number of amides is 1. The first kappa shape index (κ1) is 49.2. The highest BCUT2D eigenvalue weighted by molar-refractivity contribution is 7.45. The van der Waals surface area contributed by atoms with Crippen molar-refractivity contribution in [3.05, 3.63) is 12.2 Å². The molecule has 3 atom stereocenters. The molecule has 0 aliphatic rings. The number of carbonyl (C=O) groups excluding carboxylic acids is 1. The molecule has 0 aromatic rings. The van der Waals surface area contributed by atoms with E-state index in [-0.39, 0.29) is 19.1 Å². The van der Waals surface area contributed by atoms with Crippen LogP contribution in [-0.2, 0) is 18.4 Å². The number of aliphatic hydroxyl groups excluding tert-OH is 1. The quantitative estimate of drug-likeness (QED) is 0.0283. The third-order valence-corrected chi connectivity index (χ3v) is 10.5. The normalized spacial score (nSPS) is 14.6. The summed E-state index contributed by atoms with van der Waals surface area (Å²) in [6.45, 7) is 4.70. The van der Waals surface area contributed by atoms with E-state index in [0.717, 1.165) is 51.4 Å². The van der Waals surface area contributed by atoms with Crippen molar-refractivity contribution < 1.29 is 32.9 Å². The predicted octanol–water partition coefficient (Wildman–Crippen LogP) is 10.6. The highest BCUT2D eigenvalue weighted by Crippen LogP contribution is 2.38. The van der Waals surface area contributed by atoms with Crippen LogP contribution in [0.3, 0.4) is 0 Å². The summed E-state index contributed by atoms with van der Waals surface area (Å²) in [6.07, 6.45) is 36.3. The molecule has 0 rings (SSSR count). The lowest BCUT2D eigenvalue weighted by molar-refractivity contribution is -0.870. The van der Waals surface area contributed by atoms with E-state index in [1.807, 2.05) is 21.1 Å². The highest BCUT2D eigenvalue weighted by Gasteiger charge is 2.24. The van der Waals surface area contributed by atoms with Gasteiger partial charge in [-0.1, -0.05) is 161 Å². The van der Waals surface area contributed by atoms with Gasteiger partial charge in [0.1, 0.15) is 13.2 Å². The number of unbranched alkanes of at least 4 members (excludes halogenated alkanes) is 23. The van der Waals surface area contributed by atoms with Crippen molar-refractivity contribution in [3.63, 3.8) is 0 Å². The van der Waals surface area contributed by atoms with Crippen LogP contribution in [0.4, 0.5) is 0 Å². The number of likely N-dealkylation sites (N-methyl/N-ethyl adjacent to an activating group) is 1. The molecule has 1 amide bonds. The Bertz CT molecular complexity index is 834. The van der Waals surface area contributed by atoms with Gasteiger partial charge < -0.3 is 28.8 Å². The van der Waals surface area contributed by atoms with Gasteiger partial charge in [-0.2, -0.15) is 0 Å². The molecule has 0 saturated carbocycles. The van der Waals surface area contributed by atoms with Gasteiger partial charge in [0.15, 0.2) is 0 Å². The molecule has 2 N–H and O–H groups in total. The average molecular weight is 731 g/mol. The molecule has 0 radical (unpaired) electrons. The van der Waals surface area contributed by atoms with Crippen molar-refractivity contribution in [2.75, 3.05) is 40.9 Å². The average Bonchev–Trinajstić information content (AvgIpc) is 3.06. The number of hydrogen-bond acceptors (Lipinski definition) is 6. The Balaban J connectivity index is 4.41. The minimum absolute atomic E-state index is 0.0122. The Labute approximate surface area is 310 Å². The fourth-order valence-electron chi connectivity index (χ4n) is 6.09. The second kappa shape index (κ2) is 34.0. The number of rotatable bonds is 38. The summed E-state index contributed by atoms with van der Waals surface area (Å²) in [5.74, 6) is -0.174. The summed E-state index contributed by atoms with van der Waals surface area (Å²) >= 11 is 0. The Morgan fingerprint density at radius 2 is 1.10 bits per heavy atom. The lowest BCUT2D eigenvalue weighted by atomic mass is 10.0. The molecular weight excluding hydrogens is 647 g/mol. The first-order chi connectivity index (χ1) is 24.0. The Kier molecular flexibility index (Phi) is 33.5. The molecule has 0 spiro atoms. The van der Waals surface area contributed by atoms with Crippen LogP contribution in [0.5, 0.6) is 0 Å². The van der Waals surface area contributed by atoms with Gasteiger partial charge in [-0.05, 0) is 38.5 Å². The van der Waals surface area contributed by atoms with E-state index in [1.54, 1.807) is 0 Å². The number of quaternary nitrogens is 1. The second-order valence-electron chi connectivity index (χ2n) is 15.7. The first-order valence-electron chi connectivity index (χ1n) is 21.0. The van der Waals surface area contributed by atoms with E-state index in [2.05, 4.69) is 31.3 Å². The Hall–Kier alpha value is -0.760. The van der Waals surface area contributed by atoms with E-state index in [1.165, 1.54) is 116 Å². The SMILES string of the molecule is CCCCCCCC/C=C\CCCCCCCC(=O)NC(COP(=O)([O-])OCC[N+](C)(C)C)C(O)CCCCCCCCCCCCCCC. The maximum absolute atomic E-state index is 12.8. The molecule has 8 nitrogen and oxygen atoms in total. The molecule has 298 valence electrons. The zero-order chi connectivity index (χ0) is 37.2. The molecule has 0 aliphatic carbocycles. The van der Waals surface area contributed by atoms with Crippen LogP contribution in [0.15, 0.2) is 12.2 Å². The molecule has 3 unspecified atom stereocenters. The Morgan fingerprint density at radius 3 is 1.56 bits per heavy atom. The van der Waals surface area contributed by atoms with E-state index in [9.17, 15) is 19.4 Å². The molecule has 0 aromatic heterocycles. The van der Waals surface area contributed by atoms with Crippen molar-refractivity contribution in [1.29, 1.82) is 0 Å². The molecule has 0 aromatic carbocycles. The van der Waals surface area contributed by atoms with Crippen molar-refractivity contribution in [3.8, 4) is 0 Å². The van der Waals surface area contributed by atoms with Crippen LogP contribution in [-0.4, -0.2) is 68.5 Å². The van der Waals surface area contributed by atoms with E-state index >= 15 is 0 Å². The van der Waals surface area contributed by atoms with E-state index in [0.29, 0.717) is 23.9 Å². The molecule has 9 heteroatoms. The van der Waals surface area contributed by atoms with Crippen molar-refractivity contribution >= 4 is 13.7 Å². The largest absolute Gasteiger partial charge is 0.756 e. The molecule has 0 saturated heterocycles. The minimum Gasteiger partial charge on any atom is -0.756 e. The van der Waals surface area contributed by atoms with E-state index < -0.39 is 20.0 Å². The summed E-state index contributed by atoms with van der Waals surface area (Å²) in [5, 5.41) is 13.9. The monoisotopic (exact) mass is 731 g/mol. The van der Waals surface area contributed by atoms with Crippen LogP contribution in [0.1, 0.15) is 194 Å². The van der Waals surface area contributed by atoms with Gasteiger partial charge in [-0.3, -0.25) is 9.36 Å². The van der Waals surface area contributed by atoms with Crippen molar-refractivity contribution in [2.24, 2.45) is 0 Å². The summed E-state index contributed by atoms with van der Waals surface area (Å²) < 4.78 is 23.2. The Morgan fingerprint density at radius 1 is 0.680 bits per heavy atom. The third kappa shape index (κ3) is 35.6. The molecule has 0 aliphatic heterocycles. The summed E-state index contributed by atoms with van der Waals surface area (Å²) in [6, 6.07) is -0.799. The van der Waals surface area contributed by atoms with Gasteiger partial charge in [-0.25, -0.2) is 0 Å². The number of hydrogen-bond donors (Lipinski definition) is 2. The fourth-order valence-corrected chi connectivity index (χ4v) is 6.81. The highest BCUT2D eigenvalue weighted by atomic mass is 31.2. The van der Waals surface area contributed by atoms with E-state index in [4.69, 9.17) is 9.05 Å². The maximum atomic E-state index is 12.8. The number of phosphoric acid groups is 1. The number of nitrogens with one attached hydrogen (secondary N) is 1. The van der Waals surface area contributed by atoms with Gasteiger partial charge >= 0.3 is 0 Å². The fraction of sp³-hybridized carbons (Fsp3) is 0.927. The van der Waals surface area contributed by atoms with Crippen LogP contribution >= 0.6 is 7.82 Å². The smallest absolute Gasteiger partial charge is 0.268 e. The molecule has 0 heterocycles. The van der Waals surface area contributed by atoms with Gasteiger partial charge in [-0.15, -0.1) is 0 Å². The third-order valence-electron chi connectivity index (χ3n) is 9.50.